The number of methoxy groups -OCH3 is 1. The topological polar surface area (TPSA) is 45.9 Å². The van der Waals surface area contributed by atoms with Gasteiger partial charge < -0.3 is 4.74 Å². The van der Waals surface area contributed by atoms with Crippen molar-refractivity contribution in [2.45, 2.75) is 13.8 Å². The highest BCUT2D eigenvalue weighted by Gasteiger charge is 2.16. The predicted molar refractivity (Wildman–Crippen MR) is 75.4 cm³/mol. The summed E-state index contributed by atoms with van der Waals surface area (Å²) in [5.41, 5.74) is 3.84. The van der Waals surface area contributed by atoms with Gasteiger partial charge >= 0.3 is 0 Å². The van der Waals surface area contributed by atoms with E-state index in [1.54, 1.807) is 7.11 Å². The first-order valence-electron chi connectivity index (χ1n) is 5.80. The number of halogens is 1. The first kappa shape index (κ1) is 13.4. The molecule has 2 rings (SSSR count). The lowest BCUT2D eigenvalue weighted by molar-refractivity contribution is 0.416. The van der Waals surface area contributed by atoms with Crippen molar-refractivity contribution in [1.29, 1.82) is 5.26 Å². The number of hydrogen-bond donors (Lipinski definition) is 0. The van der Waals surface area contributed by atoms with E-state index in [0.29, 0.717) is 5.56 Å². The van der Waals surface area contributed by atoms with Gasteiger partial charge in [0.2, 0.25) is 0 Å². The highest BCUT2D eigenvalue weighted by molar-refractivity contribution is 6.30. The quantitative estimate of drug-likeness (QED) is 0.779. The van der Waals surface area contributed by atoms with Gasteiger partial charge in [0.25, 0.3) is 0 Å². The highest BCUT2D eigenvalue weighted by atomic mass is 35.5. The van der Waals surface area contributed by atoms with Gasteiger partial charge in [-0.1, -0.05) is 23.7 Å². The summed E-state index contributed by atoms with van der Waals surface area (Å²) < 4.78 is 5.34. The Kier molecular flexibility index (Phi) is 3.73. The molecule has 0 aliphatic rings. The number of ether oxygens (including phenoxy) is 1. The molecule has 19 heavy (non-hydrogen) atoms. The molecule has 0 bridgehead atoms. The maximum Gasteiger partial charge on any atom is 0.147 e. The van der Waals surface area contributed by atoms with E-state index in [0.717, 1.165) is 28.1 Å². The molecule has 0 saturated heterocycles. The third-order valence-corrected chi connectivity index (χ3v) is 3.46. The molecule has 0 saturated carbocycles. The van der Waals surface area contributed by atoms with Crippen LogP contribution in [0.5, 0.6) is 5.75 Å². The van der Waals surface area contributed by atoms with Gasteiger partial charge in [-0.25, -0.2) is 4.98 Å². The molecule has 96 valence electrons. The summed E-state index contributed by atoms with van der Waals surface area (Å²) in [5.74, 6) is 0.735. The molecule has 0 aliphatic carbocycles. The lowest BCUT2D eigenvalue weighted by Crippen LogP contribution is -1.99. The summed E-state index contributed by atoms with van der Waals surface area (Å²) in [5, 5.41) is 9.32. The van der Waals surface area contributed by atoms with Crippen LogP contribution in [0.2, 0.25) is 5.15 Å². The fraction of sp³-hybridized carbons (Fsp3) is 0.200. The smallest absolute Gasteiger partial charge is 0.147 e. The van der Waals surface area contributed by atoms with E-state index in [9.17, 15) is 0 Å². The van der Waals surface area contributed by atoms with Gasteiger partial charge in [-0.05, 0) is 37.1 Å². The van der Waals surface area contributed by atoms with Crippen LogP contribution in [0, 0.1) is 25.2 Å². The predicted octanol–water partition coefficient (Wildman–Crippen LogP) is 3.90. The molecule has 0 fully saturated rings. The van der Waals surface area contributed by atoms with Crippen LogP contribution < -0.4 is 4.74 Å². The molecule has 0 radical (unpaired) electrons. The zero-order valence-electron chi connectivity index (χ0n) is 11.0. The Hall–Kier alpha value is -2.05. The minimum atomic E-state index is 0.228. The number of aromatic nitrogens is 1. The zero-order valence-corrected chi connectivity index (χ0v) is 11.7. The molecular formula is C15H13ClN2O. The molecule has 0 unspecified atom stereocenters. The number of para-hydroxylation sites is 1. The average Bonchev–Trinajstić information content (AvgIpc) is 2.43. The summed E-state index contributed by atoms with van der Waals surface area (Å²) in [4.78, 5) is 4.35. The minimum Gasteiger partial charge on any atom is -0.496 e. The third-order valence-electron chi connectivity index (χ3n) is 3.18. The van der Waals surface area contributed by atoms with E-state index in [1.807, 2.05) is 38.1 Å². The van der Waals surface area contributed by atoms with Gasteiger partial charge in [0.05, 0.1) is 18.4 Å². The van der Waals surface area contributed by atoms with Gasteiger partial charge in [0.1, 0.15) is 17.0 Å². The Labute approximate surface area is 117 Å². The standard InChI is InChI=1S/C15H13ClN2O/c1-9-10(2)14(18-15(16)12(9)8-17)11-6-4-5-7-13(11)19-3/h4-7H,1-3H3. The van der Waals surface area contributed by atoms with Gasteiger partial charge in [-0.15, -0.1) is 0 Å². The second kappa shape index (κ2) is 5.29. The Morgan fingerprint density at radius 3 is 2.53 bits per heavy atom. The summed E-state index contributed by atoms with van der Waals surface area (Å²) in [6.07, 6.45) is 0. The molecule has 0 spiro atoms. The normalized spacial score (nSPS) is 10.1. The van der Waals surface area contributed by atoms with Crippen LogP contribution in [0.1, 0.15) is 16.7 Å². The molecule has 2 aromatic rings. The van der Waals surface area contributed by atoms with Crippen LogP contribution in [0.25, 0.3) is 11.3 Å². The molecule has 1 aromatic heterocycles. The summed E-state index contributed by atoms with van der Waals surface area (Å²) >= 11 is 6.08. The molecule has 1 heterocycles. The molecule has 4 heteroatoms. The van der Waals surface area contributed by atoms with Crippen molar-refractivity contribution < 1.29 is 4.74 Å². The van der Waals surface area contributed by atoms with Crippen molar-refractivity contribution in [2.75, 3.05) is 7.11 Å². The van der Waals surface area contributed by atoms with Crippen LogP contribution >= 0.6 is 11.6 Å². The fourth-order valence-corrected chi connectivity index (χ4v) is 2.26. The van der Waals surface area contributed by atoms with Crippen molar-refractivity contribution in [1.82, 2.24) is 4.98 Å². The minimum absolute atomic E-state index is 0.228. The zero-order chi connectivity index (χ0) is 14.0. The van der Waals surface area contributed by atoms with Crippen molar-refractivity contribution in [3.8, 4) is 23.1 Å². The summed E-state index contributed by atoms with van der Waals surface area (Å²) in [7, 11) is 1.62. The lowest BCUT2D eigenvalue weighted by atomic mass is 9.99. The highest BCUT2D eigenvalue weighted by Crippen LogP contribution is 2.34. The summed E-state index contributed by atoms with van der Waals surface area (Å²) in [6.45, 7) is 3.81. The molecule has 0 N–H and O–H groups in total. The SMILES string of the molecule is COc1ccccc1-c1nc(Cl)c(C#N)c(C)c1C. The van der Waals surface area contributed by atoms with Crippen LogP contribution in [0.4, 0.5) is 0 Å². The van der Waals surface area contributed by atoms with Crippen LogP contribution in [-0.2, 0) is 0 Å². The molecule has 3 nitrogen and oxygen atoms in total. The van der Waals surface area contributed by atoms with Crippen molar-refractivity contribution in [2.24, 2.45) is 0 Å². The second-order valence-corrected chi connectivity index (χ2v) is 4.55. The monoisotopic (exact) mass is 272 g/mol. The number of nitrogens with zero attached hydrogens (tertiary/aromatic N) is 2. The largest absolute Gasteiger partial charge is 0.496 e. The van der Waals surface area contributed by atoms with Crippen molar-refractivity contribution in [3.63, 3.8) is 0 Å². The Morgan fingerprint density at radius 2 is 1.89 bits per heavy atom. The van der Waals surface area contributed by atoms with Crippen molar-refractivity contribution in [3.05, 3.63) is 46.1 Å². The van der Waals surface area contributed by atoms with Gasteiger partial charge in [0, 0.05) is 5.56 Å². The van der Waals surface area contributed by atoms with E-state index in [2.05, 4.69) is 11.1 Å². The number of rotatable bonds is 2. The van der Waals surface area contributed by atoms with Gasteiger partial charge in [-0.2, -0.15) is 5.26 Å². The lowest BCUT2D eigenvalue weighted by Gasteiger charge is -2.13. The Balaban J connectivity index is 2.74. The van der Waals surface area contributed by atoms with Gasteiger partial charge in [0.15, 0.2) is 0 Å². The van der Waals surface area contributed by atoms with Crippen molar-refractivity contribution >= 4 is 11.6 Å². The molecular weight excluding hydrogens is 260 g/mol. The Morgan fingerprint density at radius 1 is 1.21 bits per heavy atom. The number of pyridine rings is 1. The van der Waals surface area contributed by atoms with E-state index < -0.39 is 0 Å². The first-order chi connectivity index (χ1) is 9.10. The van der Waals surface area contributed by atoms with Crippen LogP contribution in [-0.4, -0.2) is 12.1 Å². The first-order valence-corrected chi connectivity index (χ1v) is 6.18. The number of benzene rings is 1. The van der Waals surface area contributed by atoms with E-state index >= 15 is 0 Å². The molecule has 0 atom stereocenters. The fourth-order valence-electron chi connectivity index (χ4n) is 1.99. The Bertz CT molecular complexity index is 675. The average molecular weight is 273 g/mol. The number of hydrogen-bond acceptors (Lipinski definition) is 3. The molecule has 1 aromatic carbocycles. The van der Waals surface area contributed by atoms with Crippen LogP contribution in [0.3, 0.4) is 0 Å². The number of nitriles is 1. The maximum atomic E-state index is 9.09. The van der Waals surface area contributed by atoms with E-state index in [-0.39, 0.29) is 5.15 Å². The third kappa shape index (κ3) is 2.27. The summed E-state index contributed by atoms with van der Waals surface area (Å²) in [6, 6.07) is 9.70. The molecule has 0 amide bonds. The molecule has 0 aliphatic heterocycles. The van der Waals surface area contributed by atoms with E-state index in [4.69, 9.17) is 21.6 Å². The second-order valence-electron chi connectivity index (χ2n) is 4.19. The van der Waals surface area contributed by atoms with E-state index in [1.165, 1.54) is 0 Å². The van der Waals surface area contributed by atoms with Crippen LogP contribution in [0.15, 0.2) is 24.3 Å². The maximum absolute atomic E-state index is 9.09. The van der Waals surface area contributed by atoms with Gasteiger partial charge in [-0.3, -0.25) is 0 Å².